The topological polar surface area (TPSA) is 118 Å². The zero-order valence-corrected chi connectivity index (χ0v) is 30.0. The maximum Gasteiger partial charge on any atom is 1.00 e. The minimum atomic E-state index is -4.67. The summed E-state index contributed by atoms with van der Waals surface area (Å²) in [5.74, 6) is -0.652. The monoisotopic (exact) mass is 616 g/mol. The zero-order chi connectivity index (χ0) is 30.2. The van der Waals surface area contributed by atoms with Gasteiger partial charge in [0.2, 0.25) is 0 Å². The molecule has 0 aromatic rings. The molecule has 0 aliphatic carbocycles. The molecule has 0 saturated heterocycles. The summed E-state index contributed by atoms with van der Waals surface area (Å²) in [6.45, 7) is 4.54. The molecule has 0 aliphatic rings. The van der Waals surface area contributed by atoms with Crippen LogP contribution in [0.15, 0.2) is 0 Å². The van der Waals surface area contributed by atoms with Crippen LogP contribution in [0.4, 0.5) is 0 Å². The van der Waals surface area contributed by atoms with Gasteiger partial charge in [0.1, 0.15) is 0 Å². The van der Waals surface area contributed by atoms with Crippen molar-refractivity contribution in [1.82, 2.24) is 0 Å². The van der Waals surface area contributed by atoms with Crippen LogP contribution in [0, 0.1) is 0 Å². The number of hydrogen-bond donors (Lipinski definition) is 2. The summed E-state index contributed by atoms with van der Waals surface area (Å²) in [5, 5.41) is 0. The van der Waals surface area contributed by atoms with Crippen molar-refractivity contribution < 1.29 is 62.8 Å². The molecule has 0 rings (SSSR count). The fourth-order valence-corrected chi connectivity index (χ4v) is 4.80. The second-order valence-corrected chi connectivity index (χ2v) is 12.2. The first-order valence-electron chi connectivity index (χ1n) is 16.6. The Labute approximate surface area is 277 Å². The van der Waals surface area contributed by atoms with Gasteiger partial charge in [-0.3, -0.25) is 18.7 Å². The fourth-order valence-electron chi connectivity index (χ4n) is 4.80. The van der Waals surface area contributed by atoms with Crippen LogP contribution in [-0.4, -0.2) is 29.5 Å². The van der Waals surface area contributed by atoms with Gasteiger partial charge in [-0.05, 0) is 12.8 Å². The van der Waals surface area contributed by atoms with Crippen molar-refractivity contribution in [1.29, 1.82) is 0 Å². The summed E-state index contributed by atoms with van der Waals surface area (Å²) in [6.07, 6.45) is 34.3. The molecular weight excluding hydrogens is 551 g/mol. The molecule has 7 nitrogen and oxygen atoms in total. The first kappa shape index (κ1) is 45.4. The summed E-state index contributed by atoms with van der Waals surface area (Å²) in [5.41, 5.74) is 0. The van der Waals surface area contributed by atoms with Crippen molar-refractivity contribution in [3.05, 3.63) is 0 Å². The largest absolute Gasteiger partial charge is 1.00 e. The SMILES string of the molecule is CCCCCCCCCCCCCCCC(=O)OC(=O)CCCCCCCCCCCCCCC.O=S(=O)(O)O.[H-].[Na+]. The molecule has 0 radical (unpaired) electrons. The Balaban J connectivity index is -0.000000943. The van der Waals surface area contributed by atoms with Gasteiger partial charge in [-0.15, -0.1) is 0 Å². The average Bonchev–Trinajstić information content (AvgIpc) is 2.88. The van der Waals surface area contributed by atoms with E-state index in [2.05, 4.69) is 13.8 Å². The second-order valence-electron chi connectivity index (χ2n) is 11.3. The number of rotatable bonds is 28. The normalized spacial score (nSPS) is 10.9. The molecular formula is C32H65NaO7S. The third-order valence-corrected chi connectivity index (χ3v) is 7.20. The van der Waals surface area contributed by atoms with Crippen LogP contribution in [0.3, 0.4) is 0 Å². The van der Waals surface area contributed by atoms with Crippen LogP contribution in [0.1, 0.15) is 195 Å². The van der Waals surface area contributed by atoms with Crippen LogP contribution in [0.2, 0.25) is 0 Å². The smallest absolute Gasteiger partial charge is 1.00 e. The molecule has 2 N–H and O–H groups in total. The van der Waals surface area contributed by atoms with Crippen molar-refractivity contribution in [2.45, 2.75) is 194 Å². The maximum absolute atomic E-state index is 11.8. The molecule has 0 heterocycles. The maximum atomic E-state index is 11.8. The predicted molar refractivity (Wildman–Crippen MR) is 167 cm³/mol. The van der Waals surface area contributed by atoms with Gasteiger partial charge >= 0.3 is 51.9 Å². The molecule has 0 aromatic heterocycles. The van der Waals surface area contributed by atoms with Gasteiger partial charge in [0.25, 0.3) is 0 Å². The fraction of sp³-hybridized carbons (Fsp3) is 0.938. The summed E-state index contributed by atoms with van der Waals surface area (Å²) in [4.78, 5) is 23.7. The van der Waals surface area contributed by atoms with Crippen LogP contribution in [0.5, 0.6) is 0 Å². The van der Waals surface area contributed by atoms with Gasteiger partial charge < -0.3 is 6.16 Å². The van der Waals surface area contributed by atoms with Crippen molar-refractivity contribution in [3.8, 4) is 0 Å². The number of carbonyl (C=O) groups excluding carboxylic acids is 2. The third-order valence-electron chi connectivity index (χ3n) is 7.20. The van der Waals surface area contributed by atoms with E-state index in [1.165, 1.54) is 141 Å². The van der Waals surface area contributed by atoms with Crippen molar-refractivity contribution in [3.63, 3.8) is 0 Å². The predicted octanol–water partition coefficient (Wildman–Crippen LogP) is 7.48. The minimum absolute atomic E-state index is 0. The molecule has 0 amide bonds. The van der Waals surface area contributed by atoms with E-state index in [1.807, 2.05) is 0 Å². The molecule has 0 bridgehead atoms. The van der Waals surface area contributed by atoms with Crippen LogP contribution in [-0.2, 0) is 24.7 Å². The summed E-state index contributed by atoms with van der Waals surface area (Å²) < 4.78 is 36.6. The first-order valence-corrected chi connectivity index (χ1v) is 18.0. The van der Waals surface area contributed by atoms with Crippen molar-refractivity contribution in [2.24, 2.45) is 0 Å². The quantitative estimate of drug-likeness (QED) is 0.0308. The molecule has 0 saturated carbocycles. The van der Waals surface area contributed by atoms with E-state index in [0.29, 0.717) is 12.8 Å². The van der Waals surface area contributed by atoms with E-state index in [4.69, 9.17) is 22.3 Å². The van der Waals surface area contributed by atoms with Crippen LogP contribution >= 0.6 is 0 Å². The second kappa shape index (κ2) is 36.2. The van der Waals surface area contributed by atoms with Gasteiger partial charge in [0, 0.05) is 12.8 Å². The van der Waals surface area contributed by atoms with Gasteiger partial charge in [-0.1, -0.05) is 168 Å². The van der Waals surface area contributed by atoms with Gasteiger partial charge in [-0.25, -0.2) is 0 Å². The number of ether oxygens (including phenoxy) is 1. The molecule has 9 heteroatoms. The van der Waals surface area contributed by atoms with E-state index in [-0.39, 0.29) is 42.9 Å². The van der Waals surface area contributed by atoms with Crippen molar-refractivity contribution >= 4 is 22.3 Å². The number of hydrogen-bond acceptors (Lipinski definition) is 5. The third kappa shape index (κ3) is 50.0. The molecule has 0 spiro atoms. The van der Waals surface area contributed by atoms with Gasteiger partial charge in [-0.2, -0.15) is 8.42 Å². The molecule has 0 aromatic carbocycles. The Morgan fingerprint density at radius 2 is 0.634 bits per heavy atom. The zero-order valence-electron chi connectivity index (χ0n) is 28.1. The van der Waals surface area contributed by atoms with E-state index in [1.54, 1.807) is 0 Å². The molecule has 0 aliphatic heterocycles. The Morgan fingerprint density at radius 1 is 0.463 bits per heavy atom. The summed E-state index contributed by atoms with van der Waals surface area (Å²) in [6, 6.07) is 0. The molecule has 0 fully saturated rings. The Kier molecular flexibility index (Phi) is 40.1. The first-order chi connectivity index (χ1) is 19.2. The minimum Gasteiger partial charge on any atom is -1.00 e. The van der Waals surface area contributed by atoms with Crippen molar-refractivity contribution in [2.75, 3.05) is 0 Å². The molecule has 41 heavy (non-hydrogen) atoms. The summed E-state index contributed by atoms with van der Waals surface area (Å²) >= 11 is 0. The molecule has 0 atom stereocenters. The average molecular weight is 617 g/mol. The number of esters is 2. The van der Waals surface area contributed by atoms with Crippen LogP contribution < -0.4 is 29.6 Å². The Hall–Kier alpha value is 0.01000. The Bertz CT molecular complexity index is 615. The van der Waals surface area contributed by atoms with E-state index < -0.39 is 10.4 Å². The molecule has 0 unspecified atom stereocenters. The van der Waals surface area contributed by atoms with Crippen LogP contribution in [0.25, 0.3) is 0 Å². The van der Waals surface area contributed by atoms with Gasteiger partial charge in [0.15, 0.2) is 0 Å². The van der Waals surface area contributed by atoms with E-state index >= 15 is 0 Å². The molecule has 242 valence electrons. The van der Waals surface area contributed by atoms with E-state index in [9.17, 15) is 9.59 Å². The van der Waals surface area contributed by atoms with E-state index in [0.717, 1.165) is 25.7 Å². The number of carbonyl (C=O) groups is 2. The number of unbranched alkanes of at least 4 members (excludes halogenated alkanes) is 24. The van der Waals surface area contributed by atoms with Gasteiger partial charge in [0.05, 0.1) is 0 Å². The Morgan fingerprint density at radius 3 is 0.829 bits per heavy atom. The standard InChI is InChI=1S/C32H62O3.Na.H2O4S.H/c1-3-5-7-9-11-13-15-17-19-21-23-25-27-29-31(33)35-32(34)30-28-26-24-22-20-18-16-14-12-10-8-6-4-2;;1-5(2,3)4;/h3-30H2,1-2H3;;(H2,1,2,3,4);/q;+1;;-1. The summed E-state index contributed by atoms with van der Waals surface area (Å²) in [7, 11) is -4.67.